The summed E-state index contributed by atoms with van der Waals surface area (Å²) in [5.74, 6) is -1.19. The molecule has 122 valence electrons. The van der Waals surface area contributed by atoms with Gasteiger partial charge in [0, 0.05) is 16.2 Å². The number of halogens is 2. The minimum atomic E-state index is -0.931. The maximum Gasteiger partial charge on any atom is 0.167 e. The largest absolute Gasteiger partial charge is 0.507 e. The molecule has 0 amide bonds. The molecule has 3 aromatic carbocycles. The first-order valence-electron chi connectivity index (χ1n) is 7.69. The fourth-order valence-electron chi connectivity index (χ4n) is 3.73. The standard InChI is InChI=1S/C20H16F2O2/c1-20(2)13-8-10(24-3)4-5-11(13)17-14(20)9-16(23)12-6-7-15(21)19(22)18(12)17/h4-9,23H,1-3H3. The van der Waals surface area contributed by atoms with Gasteiger partial charge in [0.15, 0.2) is 11.6 Å². The van der Waals surface area contributed by atoms with E-state index in [0.717, 1.165) is 22.8 Å². The SMILES string of the molecule is COc1ccc2c(c1)C(C)(C)c1cc(O)c3ccc(F)c(F)c3c1-2. The van der Waals surface area contributed by atoms with E-state index in [4.69, 9.17) is 4.74 Å². The van der Waals surface area contributed by atoms with E-state index in [2.05, 4.69) is 0 Å². The lowest BCUT2D eigenvalue weighted by Crippen LogP contribution is -2.15. The number of phenolic OH excluding ortho intramolecular Hbond substituents is 1. The van der Waals surface area contributed by atoms with Crippen LogP contribution < -0.4 is 4.74 Å². The summed E-state index contributed by atoms with van der Waals surface area (Å²) in [6, 6.07) is 9.69. The average molecular weight is 326 g/mol. The number of fused-ring (bicyclic) bond motifs is 5. The Morgan fingerprint density at radius 2 is 1.75 bits per heavy atom. The van der Waals surface area contributed by atoms with Crippen molar-refractivity contribution < 1.29 is 18.6 Å². The van der Waals surface area contributed by atoms with Crippen LogP contribution in [0, 0.1) is 11.6 Å². The maximum absolute atomic E-state index is 14.6. The minimum Gasteiger partial charge on any atom is -0.507 e. The lowest BCUT2D eigenvalue weighted by atomic mass is 9.82. The summed E-state index contributed by atoms with van der Waals surface area (Å²) < 4.78 is 33.8. The van der Waals surface area contributed by atoms with Crippen molar-refractivity contribution in [1.82, 2.24) is 0 Å². The van der Waals surface area contributed by atoms with E-state index in [0.29, 0.717) is 16.7 Å². The van der Waals surface area contributed by atoms with Gasteiger partial charge in [0.1, 0.15) is 11.5 Å². The third-order valence-corrected chi connectivity index (χ3v) is 5.01. The first-order valence-corrected chi connectivity index (χ1v) is 7.69. The highest BCUT2D eigenvalue weighted by Crippen LogP contribution is 2.54. The number of hydrogen-bond acceptors (Lipinski definition) is 2. The maximum atomic E-state index is 14.6. The zero-order valence-corrected chi connectivity index (χ0v) is 13.6. The Bertz CT molecular complexity index is 1010. The summed E-state index contributed by atoms with van der Waals surface area (Å²) in [7, 11) is 1.59. The van der Waals surface area contributed by atoms with Gasteiger partial charge in [-0.3, -0.25) is 0 Å². The van der Waals surface area contributed by atoms with Crippen LogP contribution in [0.1, 0.15) is 25.0 Å². The number of aromatic hydroxyl groups is 1. The van der Waals surface area contributed by atoms with Crippen LogP contribution in [0.5, 0.6) is 11.5 Å². The number of methoxy groups -OCH3 is 1. The topological polar surface area (TPSA) is 29.5 Å². The Morgan fingerprint density at radius 3 is 2.46 bits per heavy atom. The van der Waals surface area contributed by atoms with Crippen molar-refractivity contribution in [1.29, 1.82) is 0 Å². The Hall–Kier alpha value is -2.62. The van der Waals surface area contributed by atoms with Gasteiger partial charge in [0.25, 0.3) is 0 Å². The lowest BCUT2D eigenvalue weighted by Gasteiger charge is -2.22. The number of rotatable bonds is 1. The predicted molar refractivity (Wildman–Crippen MR) is 89.6 cm³/mol. The average Bonchev–Trinajstić information content (AvgIpc) is 2.78. The number of benzene rings is 3. The Kier molecular flexibility index (Phi) is 2.92. The van der Waals surface area contributed by atoms with E-state index in [1.807, 2.05) is 26.0 Å². The summed E-state index contributed by atoms with van der Waals surface area (Å²) in [6.45, 7) is 4.00. The second-order valence-electron chi connectivity index (χ2n) is 6.64. The summed E-state index contributed by atoms with van der Waals surface area (Å²) in [6.07, 6.45) is 0. The second kappa shape index (κ2) is 4.69. The van der Waals surface area contributed by atoms with E-state index in [9.17, 15) is 13.9 Å². The van der Waals surface area contributed by atoms with Crippen LogP contribution in [-0.4, -0.2) is 12.2 Å². The van der Waals surface area contributed by atoms with Crippen LogP contribution >= 0.6 is 0 Å². The van der Waals surface area contributed by atoms with Crippen molar-refractivity contribution in [2.75, 3.05) is 7.11 Å². The van der Waals surface area contributed by atoms with Crippen molar-refractivity contribution in [2.24, 2.45) is 0 Å². The van der Waals surface area contributed by atoms with E-state index in [1.165, 1.54) is 6.07 Å². The molecule has 24 heavy (non-hydrogen) atoms. The molecular weight excluding hydrogens is 310 g/mol. The quantitative estimate of drug-likeness (QED) is 0.671. The van der Waals surface area contributed by atoms with Crippen LogP contribution in [0.2, 0.25) is 0 Å². The molecular formula is C20H16F2O2. The highest BCUT2D eigenvalue weighted by molar-refractivity contribution is 6.05. The fourth-order valence-corrected chi connectivity index (χ4v) is 3.73. The second-order valence-corrected chi connectivity index (χ2v) is 6.64. The van der Waals surface area contributed by atoms with Gasteiger partial charge in [0.05, 0.1) is 7.11 Å². The molecule has 4 heteroatoms. The molecule has 0 heterocycles. The third-order valence-electron chi connectivity index (χ3n) is 5.01. The first-order chi connectivity index (χ1) is 11.4. The molecule has 4 rings (SSSR count). The third kappa shape index (κ3) is 1.74. The summed E-state index contributed by atoms with van der Waals surface area (Å²) in [4.78, 5) is 0. The van der Waals surface area contributed by atoms with Crippen molar-refractivity contribution in [3.8, 4) is 22.6 Å². The number of hydrogen-bond donors (Lipinski definition) is 1. The van der Waals surface area contributed by atoms with Gasteiger partial charge in [-0.2, -0.15) is 0 Å². The molecule has 0 radical (unpaired) electrons. The highest BCUT2D eigenvalue weighted by Gasteiger charge is 2.38. The molecule has 1 aliphatic carbocycles. The van der Waals surface area contributed by atoms with Gasteiger partial charge >= 0.3 is 0 Å². The van der Waals surface area contributed by atoms with Crippen LogP contribution in [0.4, 0.5) is 8.78 Å². The van der Waals surface area contributed by atoms with Crippen LogP contribution in [0.15, 0.2) is 36.4 Å². The molecule has 2 nitrogen and oxygen atoms in total. The fraction of sp³-hybridized carbons (Fsp3) is 0.200. The Balaban J connectivity index is 2.21. The summed E-state index contributed by atoms with van der Waals surface area (Å²) in [5, 5.41) is 10.8. The van der Waals surface area contributed by atoms with Gasteiger partial charge in [-0.15, -0.1) is 0 Å². The van der Waals surface area contributed by atoms with Crippen molar-refractivity contribution in [3.05, 3.63) is 59.2 Å². The van der Waals surface area contributed by atoms with Gasteiger partial charge in [-0.1, -0.05) is 19.9 Å². The van der Waals surface area contributed by atoms with Crippen LogP contribution in [-0.2, 0) is 5.41 Å². The normalized spacial score (nSPS) is 14.5. The zero-order valence-electron chi connectivity index (χ0n) is 13.6. The molecule has 0 atom stereocenters. The van der Waals surface area contributed by atoms with Crippen LogP contribution in [0.3, 0.4) is 0 Å². The smallest absolute Gasteiger partial charge is 0.167 e. The number of ether oxygens (including phenoxy) is 1. The van der Waals surface area contributed by atoms with Crippen molar-refractivity contribution in [2.45, 2.75) is 19.3 Å². The molecule has 0 saturated heterocycles. The predicted octanol–water partition coefficient (Wildman–Crippen LogP) is 5.14. The number of phenols is 1. The van der Waals surface area contributed by atoms with Crippen molar-refractivity contribution >= 4 is 10.8 Å². The lowest BCUT2D eigenvalue weighted by molar-refractivity contribution is 0.413. The molecule has 1 aliphatic rings. The van der Waals surface area contributed by atoms with E-state index in [1.54, 1.807) is 19.2 Å². The minimum absolute atomic E-state index is 0.0458. The molecule has 3 aromatic rings. The molecule has 0 fully saturated rings. The molecule has 0 aromatic heterocycles. The molecule has 0 saturated carbocycles. The molecule has 0 aliphatic heterocycles. The monoisotopic (exact) mass is 326 g/mol. The molecule has 1 N–H and O–H groups in total. The Morgan fingerprint density at radius 1 is 1.00 bits per heavy atom. The molecule has 0 unspecified atom stereocenters. The first kappa shape index (κ1) is 14.9. The van der Waals surface area contributed by atoms with Gasteiger partial charge in [-0.05, 0) is 52.6 Å². The van der Waals surface area contributed by atoms with Gasteiger partial charge < -0.3 is 9.84 Å². The molecule has 0 bridgehead atoms. The summed E-state index contributed by atoms with van der Waals surface area (Å²) >= 11 is 0. The summed E-state index contributed by atoms with van der Waals surface area (Å²) in [5.41, 5.74) is 2.77. The Labute approximate surface area is 138 Å². The van der Waals surface area contributed by atoms with Gasteiger partial charge in [-0.25, -0.2) is 8.78 Å². The van der Waals surface area contributed by atoms with E-state index < -0.39 is 17.0 Å². The van der Waals surface area contributed by atoms with Gasteiger partial charge in [0.2, 0.25) is 0 Å². The molecule has 0 spiro atoms. The highest BCUT2D eigenvalue weighted by atomic mass is 19.2. The van der Waals surface area contributed by atoms with E-state index in [-0.39, 0.29) is 11.1 Å². The van der Waals surface area contributed by atoms with Crippen LogP contribution in [0.25, 0.3) is 21.9 Å². The van der Waals surface area contributed by atoms with Crippen molar-refractivity contribution in [3.63, 3.8) is 0 Å². The zero-order chi connectivity index (χ0) is 17.2. The van der Waals surface area contributed by atoms with E-state index >= 15 is 0 Å².